The van der Waals surface area contributed by atoms with Crippen LogP contribution in [0.15, 0.2) is 24.3 Å². The van der Waals surface area contributed by atoms with E-state index in [4.69, 9.17) is 4.74 Å². The van der Waals surface area contributed by atoms with E-state index in [9.17, 15) is 10.2 Å². The summed E-state index contributed by atoms with van der Waals surface area (Å²) in [7, 11) is 0. The highest BCUT2D eigenvalue weighted by Gasteiger charge is 2.34. The van der Waals surface area contributed by atoms with Gasteiger partial charge < -0.3 is 14.9 Å². The molecule has 0 aromatic heterocycles. The molecule has 128 valence electrons. The highest BCUT2D eigenvalue weighted by atomic mass is 16.5. The Morgan fingerprint density at radius 1 is 1.30 bits per heavy atom. The van der Waals surface area contributed by atoms with Crippen molar-refractivity contribution in [2.75, 3.05) is 26.3 Å². The zero-order valence-corrected chi connectivity index (χ0v) is 14.1. The lowest BCUT2D eigenvalue weighted by Crippen LogP contribution is -2.45. The van der Waals surface area contributed by atoms with Crippen molar-refractivity contribution in [1.29, 1.82) is 0 Å². The monoisotopic (exact) mass is 319 g/mol. The first kappa shape index (κ1) is 16.9. The van der Waals surface area contributed by atoms with Gasteiger partial charge in [0, 0.05) is 38.8 Å². The van der Waals surface area contributed by atoms with E-state index >= 15 is 0 Å². The summed E-state index contributed by atoms with van der Waals surface area (Å²) in [5.41, 5.74) is 2.08. The van der Waals surface area contributed by atoms with Crippen LogP contribution in [0, 0.1) is 0 Å². The predicted octanol–water partition coefficient (Wildman–Crippen LogP) is 2.29. The maximum absolute atomic E-state index is 10.6. The molecule has 1 aromatic rings. The van der Waals surface area contributed by atoms with Crippen LogP contribution in [0.25, 0.3) is 0 Å². The van der Waals surface area contributed by atoms with E-state index in [1.54, 1.807) is 0 Å². The molecule has 2 N–H and O–H groups in total. The second-order valence-electron chi connectivity index (χ2n) is 7.06. The summed E-state index contributed by atoms with van der Waals surface area (Å²) in [4.78, 5) is 2.38. The smallest absolute Gasteiger partial charge is 0.0716 e. The normalized spacial score (nSPS) is 25.8. The van der Waals surface area contributed by atoms with E-state index in [0.29, 0.717) is 45.1 Å². The van der Waals surface area contributed by atoms with Crippen LogP contribution in [-0.2, 0) is 11.2 Å². The molecule has 0 spiro atoms. The molecule has 4 nitrogen and oxygen atoms in total. The van der Waals surface area contributed by atoms with Gasteiger partial charge in [0.15, 0.2) is 0 Å². The highest BCUT2D eigenvalue weighted by Crippen LogP contribution is 2.33. The van der Waals surface area contributed by atoms with Crippen molar-refractivity contribution < 1.29 is 14.9 Å². The third-order valence-electron chi connectivity index (χ3n) is 5.39. The van der Waals surface area contributed by atoms with Gasteiger partial charge in [0.25, 0.3) is 0 Å². The highest BCUT2D eigenvalue weighted by molar-refractivity contribution is 5.32. The summed E-state index contributed by atoms with van der Waals surface area (Å²) in [6.45, 7) is 5.01. The molecule has 0 aliphatic carbocycles. The summed E-state index contributed by atoms with van der Waals surface area (Å²) in [5.74, 6) is 0. The zero-order valence-electron chi connectivity index (χ0n) is 14.1. The third kappa shape index (κ3) is 3.94. The van der Waals surface area contributed by atoms with E-state index in [-0.39, 0.29) is 0 Å². The zero-order chi connectivity index (χ0) is 16.3. The van der Waals surface area contributed by atoms with Gasteiger partial charge in [-0.25, -0.2) is 0 Å². The molecule has 2 aliphatic rings. The summed E-state index contributed by atoms with van der Waals surface area (Å²) in [5, 5.41) is 21.1. The molecule has 1 aromatic carbocycles. The van der Waals surface area contributed by atoms with Gasteiger partial charge >= 0.3 is 0 Å². The van der Waals surface area contributed by atoms with Gasteiger partial charge in [0.1, 0.15) is 0 Å². The molecule has 0 amide bonds. The van der Waals surface area contributed by atoms with E-state index in [1.165, 1.54) is 11.1 Å². The second kappa shape index (κ2) is 7.31. The van der Waals surface area contributed by atoms with Gasteiger partial charge in [0.05, 0.1) is 11.7 Å². The van der Waals surface area contributed by atoms with Gasteiger partial charge in [-0.2, -0.15) is 0 Å². The number of aliphatic hydroxyl groups is 2. The average molecular weight is 319 g/mol. The Bertz CT molecular complexity index is 513. The minimum Gasteiger partial charge on any atom is -0.392 e. The number of β-amino-alcohol motifs (C(OH)–C–C–N with tert-alkyl or cyclic N) is 1. The maximum Gasteiger partial charge on any atom is 0.0716 e. The number of hydrogen-bond acceptors (Lipinski definition) is 4. The molecule has 0 radical (unpaired) electrons. The second-order valence-corrected chi connectivity index (χ2v) is 7.06. The summed E-state index contributed by atoms with van der Waals surface area (Å²) >= 11 is 0. The fourth-order valence-electron chi connectivity index (χ4n) is 4.13. The number of rotatable bonds is 5. The van der Waals surface area contributed by atoms with Crippen LogP contribution in [0.3, 0.4) is 0 Å². The van der Waals surface area contributed by atoms with E-state index in [1.807, 2.05) is 0 Å². The minimum absolute atomic E-state index is 0.374. The molecular formula is C19H29NO3. The molecule has 1 fully saturated rings. The molecule has 3 rings (SSSR count). The van der Waals surface area contributed by atoms with Crippen molar-refractivity contribution in [3.63, 3.8) is 0 Å². The third-order valence-corrected chi connectivity index (χ3v) is 5.39. The molecular weight excluding hydrogens is 290 g/mol. The number of benzene rings is 1. The quantitative estimate of drug-likeness (QED) is 0.874. The van der Waals surface area contributed by atoms with Gasteiger partial charge in [-0.15, -0.1) is 0 Å². The van der Waals surface area contributed by atoms with Crippen molar-refractivity contribution in [3.8, 4) is 0 Å². The molecule has 2 unspecified atom stereocenters. The molecule has 2 atom stereocenters. The molecule has 2 aliphatic heterocycles. The number of aliphatic hydroxyl groups excluding tert-OH is 1. The standard InChI is InChI=1S/C19H29NO3/c1-2-18-17-6-4-3-5-15(17)7-10-20(18)14-16(21)13-19(22)8-11-23-12-9-19/h3-6,16,18,21-22H,2,7-14H2,1H3. The predicted molar refractivity (Wildman–Crippen MR) is 90.4 cm³/mol. The summed E-state index contributed by atoms with van der Waals surface area (Å²) in [6.07, 6.45) is 3.30. The molecule has 4 heteroatoms. The number of nitrogens with zero attached hydrogens (tertiary/aromatic N) is 1. The molecule has 0 bridgehead atoms. The first-order valence-electron chi connectivity index (χ1n) is 8.91. The fourth-order valence-corrected chi connectivity index (χ4v) is 4.13. The van der Waals surface area contributed by atoms with E-state index in [0.717, 1.165) is 19.4 Å². The van der Waals surface area contributed by atoms with Crippen molar-refractivity contribution in [2.24, 2.45) is 0 Å². The number of ether oxygens (including phenoxy) is 1. The minimum atomic E-state index is -0.757. The average Bonchev–Trinajstić information content (AvgIpc) is 2.54. The van der Waals surface area contributed by atoms with Crippen LogP contribution >= 0.6 is 0 Å². The van der Waals surface area contributed by atoms with Crippen LogP contribution < -0.4 is 0 Å². The number of hydrogen-bond donors (Lipinski definition) is 2. The van der Waals surface area contributed by atoms with Crippen molar-refractivity contribution in [1.82, 2.24) is 4.90 Å². The largest absolute Gasteiger partial charge is 0.392 e. The lowest BCUT2D eigenvalue weighted by molar-refractivity contribution is -0.0908. The fraction of sp³-hybridized carbons (Fsp3) is 0.684. The van der Waals surface area contributed by atoms with Crippen LogP contribution in [0.1, 0.15) is 49.8 Å². The van der Waals surface area contributed by atoms with Crippen LogP contribution in [0.4, 0.5) is 0 Å². The first-order chi connectivity index (χ1) is 11.1. The topological polar surface area (TPSA) is 52.9 Å². The molecule has 23 heavy (non-hydrogen) atoms. The van der Waals surface area contributed by atoms with Gasteiger partial charge in [-0.05, 0) is 36.8 Å². The first-order valence-corrected chi connectivity index (χ1v) is 8.91. The Morgan fingerprint density at radius 3 is 2.78 bits per heavy atom. The lowest BCUT2D eigenvalue weighted by Gasteiger charge is -2.40. The van der Waals surface area contributed by atoms with Crippen molar-refractivity contribution >= 4 is 0 Å². The van der Waals surface area contributed by atoms with E-state index in [2.05, 4.69) is 36.1 Å². The molecule has 2 heterocycles. The Balaban J connectivity index is 1.63. The van der Waals surface area contributed by atoms with Gasteiger partial charge in [0.2, 0.25) is 0 Å². The van der Waals surface area contributed by atoms with Gasteiger partial charge in [-0.1, -0.05) is 31.2 Å². The lowest BCUT2D eigenvalue weighted by atomic mass is 9.87. The van der Waals surface area contributed by atoms with Crippen LogP contribution in [0.5, 0.6) is 0 Å². The SMILES string of the molecule is CCC1c2ccccc2CCN1CC(O)CC1(O)CCOCC1. The van der Waals surface area contributed by atoms with Gasteiger partial charge in [-0.3, -0.25) is 4.90 Å². The molecule has 0 saturated carbocycles. The maximum atomic E-state index is 10.6. The molecule has 1 saturated heterocycles. The Hall–Kier alpha value is -0.940. The Labute approximate surface area is 139 Å². The van der Waals surface area contributed by atoms with Crippen molar-refractivity contribution in [3.05, 3.63) is 35.4 Å². The van der Waals surface area contributed by atoms with Crippen LogP contribution in [-0.4, -0.2) is 53.1 Å². The van der Waals surface area contributed by atoms with Crippen molar-refractivity contribution in [2.45, 2.75) is 56.8 Å². The summed E-state index contributed by atoms with van der Waals surface area (Å²) < 4.78 is 5.32. The Morgan fingerprint density at radius 2 is 2.04 bits per heavy atom. The summed E-state index contributed by atoms with van der Waals surface area (Å²) in [6, 6.07) is 9.02. The van der Waals surface area contributed by atoms with E-state index < -0.39 is 11.7 Å². The Kier molecular flexibility index (Phi) is 5.37. The number of fused-ring (bicyclic) bond motifs is 1. The van der Waals surface area contributed by atoms with Crippen LogP contribution in [0.2, 0.25) is 0 Å².